The molecule has 1 saturated carbocycles. The van der Waals surface area contributed by atoms with Crippen molar-refractivity contribution in [3.05, 3.63) is 70.6 Å². The molecule has 5 nitrogen and oxygen atoms in total. The van der Waals surface area contributed by atoms with Gasteiger partial charge < -0.3 is 14.5 Å². The van der Waals surface area contributed by atoms with Crippen LogP contribution in [-0.4, -0.2) is 20.7 Å². The molecule has 0 radical (unpaired) electrons. The number of halogens is 3. The molecule has 0 spiro atoms. The zero-order valence-corrected chi connectivity index (χ0v) is 19.9. The molecule has 31 heavy (non-hydrogen) atoms. The first-order chi connectivity index (χ1) is 14.5. The van der Waals surface area contributed by atoms with Gasteiger partial charge in [-0.1, -0.05) is 35.5 Å². The summed E-state index contributed by atoms with van der Waals surface area (Å²) < 4.78 is 31.7. The minimum absolute atomic E-state index is 0. The number of rotatable bonds is 5. The van der Waals surface area contributed by atoms with Crippen LogP contribution in [0.4, 0.5) is 8.78 Å². The van der Waals surface area contributed by atoms with Gasteiger partial charge >= 0.3 is 29.6 Å². The fraction of sp³-hybridized carbons (Fsp3) is 0.143. The minimum Gasteiger partial charge on any atom is -0.545 e. The molecule has 0 saturated heterocycles. The van der Waals surface area contributed by atoms with E-state index in [0.29, 0.717) is 16.0 Å². The van der Waals surface area contributed by atoms with Crippen LogP contribution >= 0.6 is 23.4 Å². The summed E-state index contributed by atoms with van der Waals surface area (Å²) >= 11 is 7.14. The van der Waals surface area contributed by atoms with E-state index in [2.05, 4.69) is 10.2 Å². The van der Waals surface area contributed by atoms with Gasteiger partial charge in [-0.05, 0) is 31.0 Å². The molecular weight excluding hydrogens is 455 g/mol. The van der Waals surface area contributed by atoms with Crippen LogP contribution in [0.2, 0.25) is 5.02 Å². The van der Waals surface area contributed by atoms with Crippen molar-refractivity contribution in [2.45, 2.75) is 28.6 Å². The summed E-state index contributed by atoms with van der Waals surface area (Å²) in [5, 5.41) is 18.5. The predicted molar refractivity (Wildman–Crippen MR) is 107 cm³/mol. The second-order valence-corrected chi connectivity index (χ2v) is 8.50. The Morgan fingerprint density at radius 1 is 1.23 bits per heavy atom. The first-order valence-corrected chi connectivity index (χ1v) is 10.4. The molecule has 2 aromatic heterocycles. The monoisotopic (exact) mass is 467 g/mol. The molecule has 0 unspecified atom stereocenters. The van der Waals surface area contributed by atoms with Gasteiger partial charge in [0, 0.05) is 38.5 Å². The van der Waals surface area contributed by atoms with Crippen LogP contribution in [-0.2, 0) is 0 Å². The van der Waals surface area contributed by atoms with Gasteiger partial charge in [0.15, 0.2) is 5.82 Å². The smallest absolute Gasteiger partial charge is 0.545 e. The second kappa shape index (κ2) is 8.60. The van der Waals surface area contributed by atoms with Crippen LogP contribution in [0.25, 0.3) is 16.6 Å². The Morgan fingerprint density at radius 2 is 2.00 bits per heavy atom. The molecular formula is C21H13ClF2N3NaO2S. The number of hydrogen-bond acceptors (Lipinski definition) is 4. The topological polar surface area (TPSA) is 73.7 Å². The van der Waals surface area contributed by atoms with E-state index in [1.54, 1.807) is 23.0 Å². The fourth-order valence-corrected chi connectivity index (χ4v) is 4.98. The van der Waals surface area contributed by atoms with Crippen molar-refractivity contribution in [3.63, 3.8) is 0 Å². The van der Waals surface area contributed by atoms with E-state index in [1.165, 1.54) is 18.2 Å². The predicted octanol–water partition coefficient (Wildman–Crippen LogP) is 1.68. The van der Waals surface area contributed by atoms with Crippen LogP contribution in [0.3, 0.4) is 0 Å². The molecule has 1 N–H and O–H groups in total. The molecule has 0 bridgehead atoms. The van der Waals surface area contributed by atoms with E-state index in [4.69, 9.17) is 11.6 Å². The normalized spacial score (nSPS) is 13.4. The van der Waals surface area contributed by atoms with Gasteiger partial charge in [0.2, 0.25) is 0 Å². The van der Waals surface area contributed by atoms with Crippen molar-refractivity contribution in [3.8, 4) is 5.69 Å². The van der Waals surface area contributed by atoms with Crippen molar-refractivity contribution < 1.29 is 48.2 Å². The molecule has 2 heterocycles. The number of H-pyrrole nitrogens is 1. The second-order valence-electron chi connectivity index (χ2n) is 7.05. The number of hydrogen-bond donors (Lipinski definition) is 1. The molecule has 5 rings (SSSR count). The zero-order chi connectivity index (χ0) is 21.0. The number of fused-ring (bicyclic) bond motifs is 1. The van der Waals surface area contributed by atoms with Gasteiger partial charge in [-0.3, -0.25) is 5.10 Å². The number of nitrogens with one attached hydrogen (secondary N) is 1. The maximum absolute atomic E-state index is 15.2. The van der Waals surface area contributed by atoms with Crippen molar-refractivity contribution in [2.75, 3.05) is 0 Å². The molecule has 1 aliphatic rings. The Labute approximate surface area is 207 Å². The van der Waals surface area contributed by atoms with Gasteiger partial charge in [0.25, 0.3) is 0 Å². The van der Waals surface area contributed by atoms with E-state index in [9.17, 15) is 14.3 Å². The molecule has 0 amide bonds. The Hall–Kier alpha value is -1.84. The number of aromatic amines is 1. The summed E-state index contributed by atoms with van der Waals surface area (Å²) in [7, 11) is 0. The Kier molecular flexibility index (Phi) is 6.20. The standard InChI is InChI=1S/C21H14ClF2N3O2S.Na/c22-14-7-6-13-19(17(14)24)27(11-8-25-26-9-11)18(10-4-5-10)20(13)30-15-3-1-2-12(16(15)23)21(28)29;/h1-3,6-10H,4-5H2,(H,25,26)(H,28,29);/q;+1/p-1. The van der Waals surface area contributed by atoms with Crippen LogP contribution < -0.4 is 34.7 Å². The van der Waals surface area contributed by atoms with Crippen molar-refractivity contribution >= 4 is 40.2 Å². The summed E-state index contributed by atoms with van der Waals surface area (Å²) in [4.78, 5) is 12.0. The number of nitrogens with zero attached hydrogens (tertiary/aromatic N) is 2. The quantitative estimate of drug-likeness (QED) is 0.453. The maximum atomic E-state index is 15.2. The maximum Gasteiger partial charge on any atom is 1.00 e. The van der Waals surface area contributed by atoms with Crippen LogP contribution in [0, 0.1) is 11.6 Å². The number of carbonyl (C=O) groups is 1. The van der Waals surface area contributed by atoms with Crippen molar-refractivity contribution in [1.29, 1.82) is 0 Å². The van der Waals surface area contributed by atoms with Gasteiger partial charge in [-0.25, -0.2) is 8.78 Å². The number of benzene rings is 2. The summed E-state index contributed by atoms with van der Waals surface area (Å²) in [5.41, 5.74) is 1.24. The first kappa shape index (κ1) is 22.4. The first-order valence-electron chi connectivity index (χ1n) is 9.16. The minimum atomic E-state index is -1.59. The van der Waals surface area contributed by atoms with Crippen LogP contribution in [0.1, 0.15) is 34.8 Å². The number of aromatic carboxylic acids is 1. The molecule has 4 aromatic rings. The van der Waals surface area contributed by atoms with E-state index < -0.39 is 23.2 Å². The van der Waals surface area contributed by atoms with Gasteiger partial charge in [0.05, 0.1) is 28.4 Å². The number of carbonyl (C=O) groups excluding carboxylic acids is 1. The molecule has 1 fully saturated rings. The summed E-state index contributed by atoms with van der Waals surface area (Å²) in [6, 6.07) is 7.28. The fourth-order valence-electron chi connectivity index (χ4n) is 3.63. The van der Waals surface area contributed by atoms with Gasteiger partial charge in [-0.2, -0.15) is 5.10 Å². The summed E-state index contributed by atoms with van der Waals surface area (Å²) in [5.74, 6) is -2.87. The Balaban J connectivity index is 0.00000231. The Bertz CT molecular complexity index is 1310. The summed E-state index contributed by atoms with van der Waals surface area (Å²) in [6.45, 7) is 0. The third kappa shape index (κ3) is 3.81. The average molecular weight is 468 g/mol. The molecule has 10 heteroatoms. The van der Waals surface area contributed by atoms with Gasteiger partial charge in [-0.15, -0.1) is 0 Å². The Morgan fingerprint density at radius 3 is 2.65 bits per heavy atom. The SMILES string of the molecule is O=C([O-])c1cccc(Sc2c(C3CC3)n(-c3cn[nH]c3)c3c(F)c(Cl)ccc23)c1F.[Na+]. The molecule has 152 valence electrons. The number of aromatic nitrogens is 3. The van der Waals surface area contributed by atoms with E-state index in [1.807, 2.05) is 0 Å². The van der Waals surface area contributed by atoms with Crippen LogP contribution in [0.5, 0.6) is 0 Å². The van der Waals surface area contributed by atoms with Crippen LogP contribution in [0.15, 0.2) is 52.5 Å². The largest absolute Gasteiger partial charge is 1.00 e. The van der Waals surface area contributed by atoms with E-state index >= 15 is 4.39 Å². The molecule has 0 aliphatic heterocycles. The number of carboxylic acid groups (broad SMARTS) is 1. The molecule has 2 aromatic carbocycles. The van der Waals surface area contributed by atoms with Crippen molar-refractivity contribution in [2.24, 2.45) is 0 Å². The molecule has 0 atom stereocenters. The van der Waals surface area contributed by atoms with Crippen molar-refractivity contribution in [1.82, 2.24) is 14.8 Å². The van der Waals surface area contributed by atoms with E-state index in [-0.39, 0.29) is 50.9 Å². The third-order valence-corrected chi connectivity index (χ3v) is 6.57. The summed E-state index contributed by atoms with van der Waals surface area (Å²) in [6.07, 6.45) is 5.06. The molecule has 1 aliphatic carbocycles. The van der Waals surface area contributed by atoms with E-state index in [0.717, 1.165) is 36.4 Å². The number of carboxylic acids is 1. The third-order valence-electron chi connectivity index (χ3n) is 5.11. The average Bonchev–Trinajstić information content (AvgIpc) is 3.30. The zero-order valence-electron chi connectivity index (χ0n) is 16.3. The van der Waals surface area contributed by atoms with Gasteiger partial charge in [0.1, 0.15) is 5.82 Å².